The summed E-state index contributed by atoms with van der Waals surface area (Å²) in [6.45, 7) is 1.85. The predicted octanol–water partition coefficient (Wildman–Crippen LogP) is 3.77. The Hall–Kier alpha value is -2.53. The molecule has 0 amide bonds. The number of halogens is 1. The molecule has 1 aromatic carbocycles. The molecule has 3 heterocycles. The van der Waals surface area contributed by atoms with Crippen LogP contribution in [0.25, 0.3) is 22.3 Å². The Morgan fingerprint density at radius 2 is 1.96 bits per heavy atom. The van der Waals surface area contributed by atoms with Gasteiger partial charge in [0.15, 0.2) is 10.7 Å². The van der Waals surface area contributed by atoms with E-state index in [2.05, 4.69) is 42.5 Å². The number of aromatic nitrogens is 4. The second kappa shape index (κ2) is 7.13. The maximum absolute atomic E-state index is 13.4. The number of hydrogen-bond donors (Lipinski definition) is 1. The number of hydrogen-bond acceptors (Lipinski definition) is 6. The third kappa shape index (κ3) is 3.24. The van der Waals surface area contributed by atoms with Gasteiger partial charge in [0.2, 0.25) is 15.7 Å². The van der Waals surface area contributed by atoms with Crippen LogP contribution >= 0.6 is 22.6 Å². The molecule has 4 rings (SSSR count). The van der Waals surface area contributed by atoms with E-state index in [0.29, 0.717) is 28.2 Å². The van der Waals surface area contributed by atoms with Crippen LogP contribution in [0.15, 0.2) is 58.8 Å². The summed E-state index contributed by atoms with van der Waals surface area (Å²) in [5, 5.41) is -0.0922. The molecule has 0 radical (unpaired) electrons. The Morgan fingerprint density at radius 3 is 2.75 bits per heavy atom. The van der Waals surface area contributed by atoms with Crippen molar-refractivity contribution in [1.82, 2.24) is 19.9 Å². The zero-order valence-corrected chi connectivity index (χ0v) is 17.9. The van der Waals surface area contributed by atoms with E-state index in [1.165, 1.54) is 13.3 Å². The Labute approximate surface area is 175 Å². The van der Waals surface area contributed by atoms with Crippen LogP contribution in [0.5, 0.6) is 5.88 Å². The maximum Gasteiger partial charge on any atom is 0.226 e. The summed E-state index contributed by atoms with van der Waals surface area (Å²) in [5.74, 6) is 0.407. The molecule has 28 heavy (non-hydrogen) atoms. The average Bonchev–Trinajstić information content (AvgIpc) is 3.08. The van der Waals surface area contributed by atoms with Crippen molar-refractivity contribution in [2.45, 2.75) is 16.8 Å². The first-order chi connectivity index (χ1) is 13.4. The number of ether oxygens (including phenoxy) is 1. The quantitative estimate of drug-likeness (QED) is 0.424. The van der Waals surface area contributed by atoms with Gasteiger partial charge in [-0.15, -0.1) is 0 Å². The summed E-state index contributed by atoms with van der Waals surface area (Å²) >= 11 is 2.09. The van der Waals surface area contributed by atoms with Gasteiger partial charge >= 0.3 is 0 Å². The lowest BCUT2D eigenvalue weighted by Gasteiger charge is -2.12. The molecule has 0 fully saturated rings. The molecule has 0 saturated carbocycles. The number of aromatic amines is 1. The lowest BCUT2D eigenvalue weighted by molar-refractivity contribution is 0.398. The summed E-state index contributed by atoms with van der Waals surface area (Å²) in [6, 6.07) is 8.74. The van der Waals surface area contributed by atoms with Crippen LogP contribution in [-0.4, -0.2) is 35.5 Å². The fourth-order valence-corrected chi connectivity index (χ4v) is 4.84. The molecule has 4 aromatic rings. The molecule has 0 atom stereocenters. The van der Waals surface area contributed by atoms with E-state index in [4.69, 9.17) is 4.74 Å². The molecule has 3 aromatic heterocycles. The van der Waals surface area contributed by atoms with E-state index in [9.17, 15) is 8.42 Å². The van der Waals surface area contributed by atoms with Crippen molar-refractivity contribution < 1.29 is 13.2 Å². The summed E-state index contributed by atoms with van der Waals surface area (Å²) in [4.78, 5) is 15.8. The van der Waals surface area contributed by atoms with Crippen molar-refractivity contribution in [2.24, 2.45) is 0 Å². The number of fused-ring (bicyclic) bond motifs is 1. The Kier molecular flexibility index (Phi) is 4.79. The van der Waals surface area contributed by atoms with E-state index in [-0.39, 0.29) is 9.92 Å². The van der Waals surface area contributed by atoms with Crippen LogP contribution in [-0.2, 0) is 9.84 Å². The normalized spacial score (nSPS) is 11.7. The number of sulfone groups is 1. The number of pyridine rings is 1. The molecule has 1 N–H and O–H groups in total. The summed E-state index contributed by atoms with van der Waals surface area (Å²) in [5.41, 5.74) is 3.15. The second-order valence-electron chi connectivity index (χ2n) is 6.13. The summed E-state index contributed by atoms with van der Waals surface area (Å²) in [6.07, 6.45) is 4.60. The largest absolute Gasteiger partial charge is 0.481 e. The predicted molar refractivity (Wildman–Crippen MR) is 113 cm³/mol. The minimum absolute atomic E-state index is 0.0922. The fraction of sp³-hybridized carbons (Fsp3) is 0.105. The summed E-state index contributed by atoms with van der Waals surface area (Å²) in [7, 11) is -2.38. The van der Waals surface area contributed by atoms with E-state index in [1.54, 1.807) is 36.7 Å². The van der Waals surface area contributed by atoms with Gasteiger partial charge in [-0.2, -0.15) is 0 Å². The molecular formula is C19H15IN4O3S. The van der Waals surface area contributed by atoms with Crippen molar-refractivity contribution in [3.8, 4) is 17.0 Å². The smallest absolute Gasteiger partial charge is 0.226 e. The number of nitrogens with zero attached hydrogens (tertiary/aromatic N) is 3. The molecular weight excluding hydrogens is 491 g/mol. The zero-order valence-electron chi connectivity index (χ0n) is 15.0. The second-order valence-corrected chi connectivity index (χ2v) is 9.16. The van der Waals surface area contributed by atoms with Gasteiger partial charge < -0.3 is 9.72 Å². The number of H-pyrrole nitrogens is 1. The fourth-order valence-electron chi connectivity index (χ4n) is 2.87. The molecule has 142 valence electrons. The molecule has 0 saturated heterocycles. The monoisotopic (exact) mass is 506 g/mol. The first-order valence-electron chi connectivity index (χ1n) is 8.26. The minimum Gasteiger partial charge on any atom is -0.481 e. The third-order valence-corrected chi connectivity index (χ3v) is 6.76. The van der Waals surface area contributed by atoms with Crippen LogP contribution in [0.1, 0.15) is 5.56 Å². The molecule has 0 aliphatic carbocycles. The highest BCUT2D eigenvalue weighted by Crippen LogP contribution is 2.33. The van der Waals surface area contributed by atoms with Crippen molar-refractivity contribution in [2.75, 3.05) is 7.11 Å². The van der Waals surface area contributed by atoms with Gasteiger partial charge in [-0.05, 0) is 52.8 Å². The zero-order chi connectivity index (χ0) is 19.9. The SMILES string of the molecule is COc1cc(-c2ccc(C)cc2S(=O)(=O)c2cnc3[nH]cc(I)c3n2)ccn1. The molecule has 0 unspecified atom stereocenters. The van der Waals surface area contributed by atoms with Gasteiger partial charge in [-0.1, -0.05) is 12.1 Å². The maximum atomic E-state index is 13.4. The number of methoxy groups -OCH3 is 1. The van der Waals surface area contributed by atoms with E-state index in [0.717, 1.165) is 9.13 Å². The van der Waals surface area contributed by atoms with Crippen molar-refractivity contribution in [3.63, 3.8) is 0 Å². The lowest BCUT2D eigenvalue weighted by Crippen LogP contribution is -2.07. The Morgan fingerprint density at radius 1 is 1.14 bits per heavy atom. The van der Waals surface area contributed by atoms with Crippen LogP contribution in [0.2, 0.25) is 0 Å². The summed E-state index contributed by atoms with van der Waals surface area (Å²) < 4.78 is 32.9. The van der Waals surface area contributed by atoms with Gasteiger partial charge in [0.1, 0.15) is 5.52 Å². The third-order valence-electron chi connectivity index (χ3n) is 4.27. The van der Waals surface area contributed by atoms with Crippen molar-refractivity contribution in [3.05, 3.63) is 58.1 Å². The van der Waals surface area contributed by atoms with Gasteiger partial charge in [-0.25, -0.2) is 23.4 Å². The molecule has 9 heteroatoms. The van der Waals surface area contributed by atoms with Gasteiger partial charge in [0.25, 0.3) is 0 Å². The number of aryl methyl sites for hydroxylation is 1. The number of benzene rings is 1. The first-order valence-corrected chi connectivity index (χ1v) is 10.8. The van der Waals surface area contributed by atoms with Crippen LogP contribution in [0.3, 0.4) is 0 Å². The molecule has 0 aliphatic rings. The highest BCUT2D eigenvalue weighted by atomic mass is 127. The van der Waals surface area contributed by atoms with Crippen molar-refractivity contribution in [1.29, 1.82) is 0 Å². The topological polar surface area (TPSA) is 97.8 Å². The number of rotatable bonds is 4. The Bertz CT molecular complexity index is 1300. The molecule has 0 bridgehead atoms. The van der Waals surface area contributed by atoms with Crippen molar-refractivity contribution >= 4 is 43.6 Å². The van der Waals surface area contributed by atoms with E-state index in [1.807, 2.05) is 13.0 Å². The van der Waals surface area contributed by atoms with Gasteiger partial charge in [-0.3, -0.25) is 0 Å². The molecule has 7 nitrogen and oxygen atoms in total. The van der Waals surface area contributed by atoms with Crippen LogP contribution < -0.4 is 4.74 Å². The van der Waals surface area contributed by atoms with E-state index < -0.39 is 9.84 Å². The lowest BCUT2D eigenvalue weighted by atomic mass is 10.1. The minimum atomic E-state index is -3.90. The van der Waals surface area contributed by atoms with Crippen LogP contribution in [0.4, 0.5) is 0 Å². The standard InChI is InChI=1S/C19H15IN4O3S/c1-11-3-4-13(12-5-6-21-16(8-12)27-2)15(7-11)28(25,26)17-10-23-19-18(24-17)14(20)9-22-19/h3-10H,1-2H3,(H,22,23). The van der Waals surface area contributed by atoms with Gasteiger partial charge in [0.05, 0.1) is 21.8 Å². The Balaban J connectivity index is 1.93. The first kappa shape index (κ1) is 18.8. The van der Waals surface area contributed by atoms with E-state index >= 15 is 0 Å². The highest BCUT2D eigenvalue weighted by molar-refractivity contribution is 14.1. The van der Waals surface area contributed by atoms with Crippen LogP contribution in [0, 0.1) is 10.5 Å². The number of nitrogens with one attached hydrogen (secondary N) is 1. The van der Waals surface area contributed by atoms with Gasteiger partial charge in [0, 0.05) is 24.0 Å². The highest BCUT2D eigenvalue weighted by Gasteiger charge is 2.25. The molecule has 0 aliphatic heterocycles. The molecule has 0 spiro atoms. The average molecular weight is 506 g/mol.